The smallest absolute Gasteiger partial charge is 0.328 e. The van der Waals surface area contributed by atoms with Crippen LogP contribution in [0.5, 0.6) is 11.5 Å². The fourth-order valence-electron chi connectivity index (χ4n) is 3.79. The molecule has 0 spiro atoms. The number of phenolic OH excluding ortho intramolecular Hbond substituents is 2. The maximum Gasteiger partial charge on any atom is 0.328 e. The van der Waals surface area contributed by atoms with Gasteiger partial charge in [-0.15, -0.1) is 0 Å². The molecule has 2 rings (SSSR count). The lowest BCUT2D eigenvalue weighted by Gasteiger charge is -2.08. The third kappa shape index (κ3) is 10.2. The maximum atomic E-state index is 12.0. The van der Waals surface area contributed by atoms with Gasteiger partial charge >= 0.3 is 5.97 Å². The summed E-state index contributed by atoms with van der Waals surface area (Å²) in [6.45, 7) is 0.877. The molecule has 1 fully saturated rings. The second kappa shape index (κ2) is 14.9. The summed E-state index contributed by atoms with van der Waals surface area (Å²) in [5.74, 6) is -1.77. The number of hydrogen-bond donors (Lipinski definition) is 4. The van der Waals surface area contributed by atoms with Crippen LogP contribution >= 0.6 is 0 Å². The Balaban J connectivity index is 1.37. The first-order valence-electron chi connectivity index (χ1n) is 12.1. The molecular formula is C25H36N2O7. The van der Waals surface area contributed by atoms with Crippen molar-refractivity contribution in [1.29, 1.82) is 0 Å². The van der Waals surface area contributed by atoms with Gasteiger partial charge in [-0.05, 0) is 31.0 Å². The number of amides is 2. The number of carbonyl (C=O) groups is 4. The molecule has 0 unspecified atom stereocenters. The molecule has 1 aliphatic rings. The number of unbranched alkanes of at least 4 members (excludes halogenated alkanes) is 8. The topological polar surface area (TPSA) is 142 Å². The number of ketones is 1. The van der Waals surface area contributed by atoms with E-state index >= 15 is 0 Å². The van der Waals surface area contributed by atoms with Crippen molar-refractivity contribution < 1.29 is 34.1 Å². The quantitative estimate of drug-likeness (QED) is 0.124. The van der Waals surface area contributed by atoms with Crippen molar-refractivity contribution in [3.05, 3.63) is 23.8 Å². The Hall–Kier alpha value is -3.10. The number of carbonyl (C=O) groups excluding carboxylic acids is 4. The second-order valence-electron chi connectivity index (χ2n) is 8.68. The Morgan fingerprint density at radius 2 is 1.56 bits per heavy atom. The molecule has 1 atom stereocenters. The number of ether oxygens (including phenoxy) is 1. The molecule has 0 aliphatic carbocycles. The molecule has 1 heterocycles. The van der Waals surface area contributed by atoms with Gasteiger partial charge in [-0.25, -0.2) is 4.79 Å². The molecule has 1 aromatic carbocycles. The maximum absolute atomic E-state index is 12.0. The summed E-state index contributed by atoms with van der Waals surface area (Å²) >= 11 is 0. The van der Waals surface area contributed by atoms with Crippen LogP contribution in [0.3, 0.4) is 0 Å². The zero-order valence-corrected chi connectivity index (χ0v) is 19.6. The van der Waals surface area contributed by atoms with E-state index in [1.165, 1.54) is 18.2 Å². The van der Waals surface area contributed by atoms with Gasteiger partial charge in [0.25, 0.3) is 5.91 Å². The van der Waals surface area contributed by atoms with Crippen LogP contribution in [0.25, 0.3) is 0 Å². The summed E-state index contributed by atoms with van der Waals surface area (Å²) in [6.07, 6.45) is 9.83. The highest BCUT2D eigenvalue weighted by Gasteiger charge is 2.28. The van der Waals surface area contributed by atoms with E-state index in [4.69, 9.17) is 4.74 Å². The number of aromatic hydroxyl groups is 2. The van der Waals surface area contributed by atoms with Crippen LogP contribution in [0.4, 0.5) is 0 Å². The minimum Gasteiger partial charge on any atom is -0.504 e. The minimum atomic E-state index is -0.611. The van der Waals surface area contributed by atoms with Crippen LogP contribution in [-0.2, 0) is 19.1 Å². The summed E-state index contributed by atoms with van der Waals surface area (Å²) in [6, 6.07) is 3.39. The lowest BCUT2D eigenvalue weighted by molar-refractivity contribution is -0.142. The van der Waals surface area contributed by atoms with E-state index < -0.39 is 17.9 Å². The van der Waals surface area contributed by atoms with Crippen molar-refractivity contribution in [3.8, 4) is 11.5 Å². The third-order valence-corrected chi connectivity index (χ3v) is 5.78. The predicted molar refractivity (Wildman–Crippen MR) is 125 cm³/mol. The number of Topliss-reactive ketones (excluding diaryl/α,β-unsaturated/α-hetero) is 1. The average molecular weight is 477 g/mol. The first kappa shape index (κ1) is 27.1. The van der Waals surface area contributed by atoms with Crippen molar-refractivity contribution in [2.24, 2.45) is 0 Å². The molecular weight excluding hydrogens is 440 g/mol. The highest BCUT2D eigenvalue weighted by Crippen LogP contribution is 2.24. The lowest BCUT2D eigenvalue weighted by Crippen LogP contribution is -2.38. The van der Waals surface area contributed by atoms with Crippen LogP contribution in [0.1, 0.15) is 87.4 Å². The number of benzene rings is 1. The Morgan fingerprint density at radius 3 is 2.18 bits per heavy atom. The van der Waals surface area contributed by atoms with Crippen LogP contribution in [0.15, 0.2) is 18.2 Å². The highest BCUT2D eigenvalue weighted by molar-refractivity contribution is 5.99. The Bertz CT molecular complexity index is 841. The molecule has 34 heavy (non-hydrogen) atoms. The Labute approximate surface area is 200 Å². The SMILES string of the molecule is O=C(CCCCCCCCCCCNC(=O)c1ccc(O)c(O)c1)CC(=O)N[C@H]1CCOC1=O. The van der Waals surface area contributed by atoms with Crippen LogP contribution in [0, 0.1) is 0 Å². The molecule has 2 amide bonds. The monoisotopic (exact) mass is 476 g/mol. The molecule has 188 valence electrons. The number of cyclic esters (lactones) is 1. The number of esters is 1. The van der Waals surface area contributed by atoms with Crippen molar-refractivity contribution in [1.82, 2.24) is 10.6 Å². The largest absolute Gasteiger partial charge is 0.504 e. The summed E-state index contributed by atoms with van der Waals surface area (Å²) in [5.41, 5.74) is 0.316. The fourth-order valence-corrected chi connectivity index (χ4v) is 3.79. The molecule has 1 aromatic rings. The van der Waals surface area contributed by atoms with Gasteiger partial charge in [-0.3, -0.25) is 14.4 Å². The number of hydrogen-bond acceptors (Lipinski definition) is 7. The molecule has 9 nitrogen and oxygen atoms in total. The van der Waals surface area contributed by atoms with E-state index in [0.29, 0.717) is 31.6 Å². The van der Waals surface area contributed by atoms with Gasteiger partial charge in [0.15, 0.2) is 11.5 Å². The normalized spacial score (nSPS) is 15.1. The van der Waals surface area contributed by atoms with Gasteiger partial charge in [0.1, 0.15) is 11.8 Å². The molecule has 1 saturated heterocycles. The summed E-state index contributed by atoms with van der Waals surface area (Å²) in [7, 11) is 0. The number of rotatable bonds is 16. The van der Waals surface area contributed by atoms with Crippen molar-refractivity contribution in [2.45, 2.75) is 83.1 Å². The molecule has 0 saturated carbocycles. The molecule has 0 aromatic heterocycles. The highest BCUT2D eigenvalue weighted by atomic mass is 16.5. The summed E-state index contributed by atoms with van der Waals surface area (Å²) in [4.78, 5) is 47.0. The Morgan fingerprint density at radius 1 is 0.912 bits per heavy atom. The standard InChI is InChI=1S/C25H36N2O7/c28-19(17-23(31)27-20-13-15-34-25(20)33)10-8-6-4-2-1-3-5-7-9-14-26-24(32)18-11-12-21(29)22(30)16-18/h11-12,16,20,29-30H,1-10,13-15,17H2,(H,26,32)(H,27,31)/t20-/m0/s1. The van der Waals surface area contributed by atoms with Gasteiger partial charge in [-0.1, -0.05) is 44.9 Å². The van der Waals surface area contributed by atoms with Gasteiger partial charge in [0, 0.05) is 24.9 Å². The first-order chi connectivity index (χ1) is 16.4. The molecule has 9 heteroatoms. The van der Waals surface area contributed by atoms with E-state index in [-0.39, 0.29) is 29.6 Å². The molecule has 0 bridgehead atoms. The number of phenols is 2. The fraction of sp³-hybridized carbons (Fsp3) is 0.600. The van der Waals surface area contributed by atoms with E-state index in [1.54, 1.807) is 0 Å². The van der Waals surface area contributed by atoms with Gasteiger partial charge in [0.05, 0.1) is 13.0 Å². The van der Waals surface area contributed by atoms with Crippen LogP contribution in [-0.4, -0.2) is 53.0 Å². The van der Waals surface area contributed by atoms with Crippen molar-refractivity contribution in [3.63, 3.8) is 0 Å². The number of nitrogens with one attached hydrogen (secondary N) is 2. The third-order valence-electron chi connectivity index (χ3n) is 5.78. The van der Waals surface area contributed by atoms with E-state index in [1.807, 2.05) is 0 Å². The summed E-state index contributed by atoms with van der Waals surface area (Å²) < 4.78 is 4.78. The van der Waals surface area contributed by atoms with Gasteiger partial charge < -0.3 is 25.6 Å². The molecule has 1 aliphatic heterocycles. The van der Waals surface area contributed by atoms with E-state index in [0.717, 1.165) is 57.8 Å². The predicted octanol–water partition coefficient (Wildman–Crippen LogP) is 3.12. The van der Waals surface area contributed by atoms with E-state index in [9.17, 15) is 29.4 Å². The molecule has 0 radical (unpaired) electrons. The zero-order valence-electron chi connectivity index (χ0n) is 19.6. The second-order valence-corrected chi connectivity index (χ2v) is 8.68. The minimum absolute atomic E-state index is 0.0989. The lowest BCUT2D eigenvalue weighted by atomic mass is 10.0. The van der Waals surface area contributed by atoms with Gasteiger partial charge in [0.2, 0.25) is 5.91 Å². The average Bonchev–Trinajstić information content (AvgIpc) is 3.20. The first-order valence-corrected chi connectivity index (χ1v) is 12.1. The van der Waals surface area contributed by atoms with Gasteiger partial charge in [-0.2, -0.15) is 0 Å². The zero-order chi connectivity index (χ0) is 24.8. The van der Waals surface area contributed by atoms with Crippen molar-refractivity contribution >= 4 is 23.6 Å². The van der Waals surface area contributed by atoms with E-state index in [2.05, 4.69) is 10.6 Å². The van der Waals surface area contributed by atoms with Crippen LogP contribution < -0.4 is 10.6 Å². The van der Waals surface area contributed by atoms with Crippen LogP contribution in [0.2, 0.25) is 0 Å². The Kier molecular flexibility index (Phi) is 11.9. The molecule has 4 N–H and O–H groups in total. The van der Waals surface area contributed by atoms with Crippen molar-refractivity contribution in [2.75, 3.05) is 13.2 Å². The summed E-state index contributed by atoms with van der Waals surface area (Å²) in [5, 5.41) is 24.1.